The van der Waals surface area contributed by atoms with Crippen molar-refractivity contribution in [3.05, 3.63) is 30.5 Å². The number of hydrazine groups is 1. The standard InChI is InChI=1S/C10H8Cl2N4O/c11-8(12)10(17)16-15-9-7-4-2-1-3-6(7)5-13-14-9/h1-5,8H,(H,14,15)(H,16,17). The van der Waals surface area contributed by atoms with Crippen molar-refractivity contribution in [1.29, 1.82) is 0 Å². The van der Waals surface area contributed by atoms with Crippen molar-refractivity contribution in [3.8, 4) is 0 Å². The lowest BCUT2D eigenvalue weighted by Crippen LogP contribution is -2.33. The summed E-state index contributed by atoms with van der Waals surface area (Å²) in [6, 6.07) is 7.50. The highest BCUT2D eigenvalue weighted by Gasteiger charge is 2.11. The minimum absolute atomic E-state index is 0.436. The zero-order chi connectivity index (χ0) is 12.3. The summed E-state index contributed by atoms with van der Waals surface area (Å²) in [5.74, 6) is -0.117. The second-order valence-corrected chi connectivity index (χ2v) is 4.29. The first kappa shape index (κ1) is 11.9. The maximum atomic E-state index is 11.2. The highest BCUT2D eigenvalue weighted by atomic mass is 35.5. The average molecular weight is 271 g/mol. The van der Waals surface area contributed by atoms with Gasteiger partial charge < -0.3 is 0 Å². The van der Waals surface area contributed by atoms with Gasteiger partial charge in [-0.2, -0.15) is 5.10 Å². The predicted octanol–water partition coefficient (Wildman–Crippen LogP) is 1.88. The molecule has 5 nitrogen and oxygen atoms in total. The highest BCUT2D eigenvalue weighted by molar-refractivity contribution is 6.53. The molecule has 0 aliphatic heterocycles. The molecule has 2 N–H and O–H groups in total. The summed E-state index contributed by atoms with van der Waals surface area (Å²) in [4.78, 5) is 10.0. The number of nitrogens with zero attached hydrogens (tertiary/aromatic N) is 2. The number of fused-ring (bicyclic) bond motifs is 1. The number of hydrogen-bond acceptors (Lipinski definition) is 4. The molecule has 17 heavy (non-hydrogen) atoms. The summed E-state index contributed by atoms with van der Waals surface area (Å²) in [7, 11) is 0. The molecule has 2 rings (SSSR count). The van der Waals surface area contributed by atoms with Gasteiger partial charge in [-0.15, -0.1) is 5.10 Å². The number of halogens is 2. The largest absolute Gasteiger partial charge is 0.280 e. The monoisotopic (exact) mass is 270 g/mol. The van der Waals surface area contributed by atoms with E-state index in [1.807, 2.05) is 24.3 Å². The quantitative estimate of drug-likeness (QED) is 0.660. The van der Waals surface area contributed by atoms with Gasteiger partial charge in [0, 0.05) is 10.8 Å². The second-order valence-electron chi connectivity index (χ2n) is 3.20. The number of hydrogen-bond donors (Lipinski definition) is 2. The molecule has 0 fully saturated rings. The normalized spacial score (nSPS) is 10.5. The van der Waals surface area contributed by atoms with Gasteiger partial charge in [0.1, 0.15) is 0 Å². The lowest BCUT2D eigenvalue weighted by atomic mass is 10.2. The van der Waals surface area contributed by atoms with Gasteiger partial charge in [-0.1, -0.05) is 47.5 Å². The summed E-state index contributed by atoms with van der Waals surface area (Å²) >= 11 is 10.8. The highest BCUT2D eigenvalue weighted by Crippen LogP contribution is 2.18. The molecule has 0 aliphatic rings. The van der Waals surface area contributed by atoms with E-state index in [4.69, 9.17) is 23.2 Å². The third-order valence-corrected chi connectivity index (χ3v) is 2.47. The summed E-state index contributed by atoms with van der Waals surface area (Å²) < 4.78 is 0. The predicted molar refractivity (Wildman–Crippen MR) is 66.8 cm³/mol. The topological polar surface area (TPSA) is 66.9 Å². The van der Waals surface area contributed by atoms with E-state index in [-0.39, 0.29) is 0 Å². The number of aromatic nitrogens is 2. The maximum Gasteiger partial charge on any atom is 0.271 e. The van der Waals surface area contributed by atoms with Crippen molar-refractivity contribution in [1.82, 2.24) is 15.6 Å². The fourth-order valence-corrected chi connectivity index (χ4v) is 1.40. The van der Waals surface area contributed by atoms with Crippen LogP contribution in [0.15, 0.2) is 30.5 Å². The van der Waals surface area contributed by atoms with Gasteiger partial charge in [-0.25, -0.2) is 0 Å². The van der Waals surface area contributed by atoms with Crippen molar-refractivity contribution in [2.45, 2.75) is 4.84 Å². The number of amides is 1. The summed E-state index contributed by atoms with van der Waals surface area (Å²) in [6.07, 6.45) is 1.63. The molecule has 0 saturated carbocycles. The first-order valence-electron chi connectivity index (χ1n) is 4.73. The van der Waals surface area contributed by atoms with Crippen LogP contribution in [0.1, 0.15) is 0 Å². The molecule has 1 heterocycles. The molecule has 0 unspecified atom stereocenters. The minimum Gasteiger partial charge on any atom is -0.280 e. The number of benzene rings is 1. The van der Waals surface area contributed by atoms with E-state index in [1.165, 1.54) is 0 Å². The molecule has 1 aromatic heterocycles. The van der Waals surface area contributed by atoms with Crippen molar-refractivity contribution < 1.29 is 4.79 Å². The van der Waals surface area contributed by atoms with Crippen molar-refractivity contribution in [2.75, 3.05) is 5.43 Å². The van der Waals surface area contributed by atoms with E-state index in [1.54, 1.807) is 6.20 Å². The van der Waals surface area contributed by atoms with Crippen LogP contribution in [0, 0.1) is 0 Å². The molecular weight excluding hydrogens is 263 g/mol. The number of anilines is 1. The number of carbonyl (C=O) groups excluding carboxylic acids is 1. The van der Waals surface area contributed by atoms with E-state index in [9.17, 15) is 4.79 Å². The minimum atomic E-state index is -1.13. The van der Waals surface area contributed by atoms with Crippen LogP contribution in [0.25, 0.3) is 10.8 Å². The zero-order valence-corrected chi connectivity index (χ0v) is 10.0. The molecule has 0 aliphatic carbocycles. The Hall–Kier alpha value is -1.59. The number of carbonyl (C=O) groups is 1. The SMILES string of the molecule is O=C(NNc1nncc2ccccc12)C(Cl)Cl. The van der Waals surface area contributed by atoms with E-state index >= 15 is 0 Å². The summed E-state index contributed by atoms with van der Waals surface area (Å²) in [6.45, 7) is 0. The number of rotatable bonds is 3. The summed E-state index contributed by atoms with van der Waals surface area (Å²) in [5, 5.41) is 9.43. The Morgan fingerprint density at radius 2 is 2.06 bits per heavy atom. The zero-order valence-electron chi connectivity index (χ0n) is 8.52. The van der Waals surface area contributed by atoms with E-state index in [0.717, 1.165) is 10.8 Å². The van der Waals surface area contributed by atoms with Gasteiger partial charge >= 0.3 is 0 Å². The Labute approximate surface area is 107 Å². The van der Waals surface area contributed by atoms with Crippen LogP contribution >= 0.6 is 23.2 Å². The van der Waals surface area contributed by atoms with Crippen molar-refractivity contribution in [2.24, 2.45) is 0 Å². The second kappa shape index (κ2) is 5.16. The molecular formula is C10H8Cl2N4O. The van der Waals surface area contributed by atoms with Crippen LogP contribution in [0.2, 0.25) is 0 Å². The van der Waals surface area contributed by atoms with Gasteiger partial charge in [0.15, 0.2) is 10.7 Å². The lowest BCUT2D eigenvalue weighted by Gasteiger charge is -2.09. The first-order valence-corrected chi connectivity index (χ1v) is 5.60. The average Bonchev–Trinajstić information content (AvgIpc) is 2.35. The van der Waals surface area contributed by atoms with Crippen LogP contribution < -0.4 is 10.9 Å². The van der Waals surface area contributed by atoms with Gasteiger partial charge in [-0.3, -0.25) is 15.6 Å². The van der Waals surface area contributed by atoms with Crippen LogP contribution in [0.5, 0.6) is 0 Å². The molecule has 0 atom stereocenters. The Morgan fingerprint density at radius 3 is 2.82 bits per heavy atom. The maximum absolute atomic E-state index is 11.2. The van der Waals surface area contributed by atoms with Crippen LogP contribution in [-0.2, 0) is 4.79 Å². The molecule has 2 aromatic rings. The Bertz CT molecular complexity index is 541. The third-order valence-electron chi connectivity index (χ3n) is 2.07. The molecule has 7 heteroatoms. The first-order chi connectivity index (χ1) is 8.18. The lowest BCUT2D eigenvalue weighted by molar-refractivity contribution is -0.118. The number of nitrogens with one attached hydrogen (secondary N) is 2. The smallest absolute Gasteiger partial charge is 0.271 e. The molecule has 1 aromatic carbocycles. The molecule has 0 saturated heterocycles. The molecule has 0 bridgehead atoms. The van der Waals surface area contributed by atoms with Crippen molar-refractivity contribution >= 4 is 45.7 Å². The molecule has 0 spiro atoms. The molecule has 1 amide bonds. The fraction of sp³-hybridized carbons (Fsp3) is 0.100. The van der Waals surface area contributed by atoms with Gasteiger partial charge in [0.25, 0.3) is 5.91 Å². The van der Waals surface area contributed by atoms with Crippen LogP contribution in [-0.4, -0.2) is 20.9 Å². The van der Waals surface area contributed by atoms with Gasteiger partial charge in [-0.05, 0) is 0 Å². The Morgan fingerprint density at radius 1 is 1.29 bits per heavy atom. The Kier molecular flexibility index (Phi) is 3.61. The fourth-order valence-electron chi connectivity index (χ4n) is 1.30. The van der Waals surface area contributed by atoms with E-state index < -0.39 is 10.7 Å². The van der Waals surface area contributed by atoms with E-state index in [2.05, 4.69) is 21.0 Å². The Balaban J connectivity index is 2.21. The number of alkyl halides is 2. The van der Waals surface area contributed by atoms with Crippen LogP contribution in [0.4, 0.5) is 5.82 Å². The van der Waals surface area contributed by atoms with E-state index in [0.29, 0.717) is 5.82 Å². The molecule has 0 radical (unpaired) electrons. The van der Waals surface area contributed by atoms with Crippen molar-refractivity contribution in [3.63, 3.8) is 0 Å². The van der Waals surface area contributed by atoms with Gasteiger partial charge in [0.05, 0.1) is 6.20 Å². The van der Waals surface area contributed by atoms with Gasteiger partial charge in [0.2, 0.25) is 0 Å². The third kappa shape index (κ3) is 2.75. The summed E-state index contributed by atoms with van der Waals surface area (Å²) in [5.41, 5.74) is 4.96. The molecule has 88 valence electrons. The van der Waals surface area contributed by atoms with Crippen LogP contribution in [0.3, 0.4) is 0 Å².